The van der Waals surface area contributed by atoms with Crippen LogP contribution in [0.4, 0.5) is 5.95 Å². The predicted molar refractivity (Wildman–Crippen MR) is 43.8 cm³/mol. The third-order valence-electron chi connectivity index (χ3n) is 1.08. The number of carbonyl (C=O) groups excluding carboxylic acids is 1. The maximum absolute atomic E-state index is 11.0. The van der Waals surface area contributed by atoms with Crippen molar-refractivity contribution in [1.82, 2.24) is 15.2 Å². The Morgan fingerprint density at radius 3 is 2.92 bits per heavy atom. The number of nitrogens with zero attached hydrogens (tertiary/aromatic N) is 3. The van der Waals surface area contributed by atoms with Crippen molar-refractivity contribution in [3.63, 3.8) is 0 Å². The fourth-order valence-electron chi connectivity index (χ4n) is 0.515. The summed E-state index contributed by atoms with van der Waals surface area (Å²) in [6.07, 6.45) is 2.85. The lowest BCUT2D eigenvalue weighted by Crippen LogP contribution is -2.21. The van der Waals surface area contributed by atoms with Crippen molar-refractivity contribution < 1.29 is 4.79 Å². The van der Waals surface area contributed by atoms with E-state index in [0.717, 1.165) is 0 Å². The van der Waals surface area contributed by atoms with Crippen molar-refractivity contribution in [1.29, 1.82) is 0 Å². The molecule has 64 valence electrons. The summed E-state index contributed by atoms with van der Waals surface area (Å²) in [4.78, 5) is 14.7. The van der Waals surface area contributed by atoms with E-state index in [9.17, 15) is 4.79 Å². The highest BCUT2D eigenvalue weighted by Crippen LogP contribution is 1.98. The first-order valence-electron chi connectivity index (χ1n) is 3.29. The molecule has 0 aliphatic carbocycles. The second-order valence-corrected chi connectivity index (χ2v) is 2.73. The van der Waals surface area contributed by atoms with E-state index in [1.165, 1.54) is 12.4 Å². The van der Waals surface area contributed by atoms with E-state index < -0.39 is 5.38 Å². The van der Waals surface area contributed by atoms with Crippen LogP contribution in [0.2, 0.25) is 0 Å². The van der Waals surface area contributed by atoms with E-state index in [-0.39, 0.29) is 11.9 Å². The van der Waals surface area contributed by atoms with E-state index in [0.29, 0.717) is 0 Å². The molecule has 1 aromatic heterocycles. The molecule has 5 nitrogen and oxygen atoms in total. The molecule has 0 fully saturated rings. The summed E-state index contributed by atoms with van der Waals surface area (Å²) >= 11 is 5.49. The van der Waals surface area contributed by atoms with Crippen LogP contribution in [0.3, 0.4) is 0 Å². The largest absolute Gasteiger partial charge is 0.292 e. The van der Waals surface area contributed by atoms with Gasteiger partial charge in [0.1, 0.15) is 5.38 Å². The van der Waals surface area contributed by atoms with Crippen LogP contribution in [-0.4, -0.2) is 26.5 Å². The van der Waals surface area contributed by atoms with Crippen LogP contribution in [-0.2, 0) is 4.79 Å². The van der Waals surface area contributed by atoms with E-state index in [2.05, 4.69) is 20.5 Å². The zero-order valence-corrected chi connectivity index (χ0v) is 7.12. The maximum atomic E-state index is 11.0. The molecular formula is C6H7ClN4O. The smallest absolute Gasteiger partial charge is 0.249 e. The zero-order valence-electron chi connectivity index (χ0n) is 6.36. The van der Waals surface area contributed by atoms with E-state index in [1.54, 1.807) is 6.92 Å². The summed E-state index contributed by atoms with van der Waals surface area (Å²) in [7, 11) is 0. The van der Waals surface area contributed by atoms with Gasteiger partial charge in [-0.05, 0) is 6.92 Å². The van der Waals surface area contributed by atoms with Crippen molar-refractivity contribution in [2.75, 3.05) is 5.32 Å². The molecule has 0 saturated heterocycles. The standard InChI is InChI=1S/C6H7ClN4O/c1-4(7)5(12)10-6-8-2-3-9-11-6/h2-4H,1H3,(H,8,10,11,12). The van der Waals surface area contributed by atoms with Gasteiger partial charge in [-0.2, -0.15) is 5.10 Å². The van der Waals surface area contributed by atoms with Gasteiger partial charge in [0.15, 0.2) is 0 Å². The molecular weight excluding hydrogens is 180 g/mol. The lowest BCUT2D eigenvalue weighted by Gasteiger charge is -2.02. The van der Waals surface area contributed by atoms with Crippen molar-refractivity contribution >= 4 is 23.5 Å². The third kappa shape index (κ3) is 2.43. The monoisotopic (exact) mass is 186 g/mol. The Bertz CT molecular complexity index is 264. The number of aromatic nitrogens is 3. The van der Waals surface area contributed by atoms with Gasteiger partial charge in [0.05, 0.1) is 12.4 Å². The van der Waals surface area contributed by atoms with Crippen molar-refractivity contribution in [3.8, 4) is 0 Å². The zero-order chi connectivity index (χ0) is 8.97. The van der Waals surface area contributed by atoms with Crippen molar-refractivity contribution in [2.45, 2.75) is 12.3 Å². The Hall–Kier alpha value is -1.23. The molecule has 0 spiro atoms. The van der Waals surface area contributed by atoms with Gasteiger partial charge in [-0.1, -0.05) is 0 Å². The number of halogens is 1. The first-order chi connectivity index (χ1) is 5.70. The van der Waals surface area contributed by atoms with Crippen LogP contribution < -0.4 is 5.32 Å². The minimum atomic E-state index is -0.603. The first kappa shape index (κ1) is 8.86. The SMILES string of the molecule is CC(Cl)C(=O)Nc1nccnn1. The van der Waals surface area contributed by atoms with Crippen LogP contribution in [0, 0.1) is 0 Å². The van der Waals surface area contributed by atoms with Gasteiger partial charge < -0.3 is 0 Å². The van der Waals surface area contributed by atoms with Gasteiger partial charge in [-0.15, -0.1) is 16.7 Å². The molecule has 1 N–H and O–H groups in total. The van der Waals surface area contributed by atoms with Gasteiger partial charge in [-0.25, -0.2) is 4.98 Å². The topological polar surface area (TPSA) is 67.8 Å². The molecule has 0 aliphatic rings. The average molecular weight is 187 g/mol. The summed E-state index contributed by atoms with van der Waals surface area (Å²) in [5.41, 5.74) is 0. The highest BCUT2D eigenvalue weighted by molar-refractivity contribution is 6.32. The first-order valence-corrected chi connectivity index (χ1v) is 3.72. The number of hydrogen-bond donors (Lipinski definition) is 1. The highest BCUT2D eigenvalue weighted by atomic mass is 35.5. The van der Waals surface area contributed by atoms with Gasteiger partial charge in [0.2, 0.25) is 11.9 Å². The van der Waals surface area contributed by atoms with Crippen LogP contribution in [0.5, 0.6) is 0 Å². The third-order valence-corrected chi connectivity index (χ3v) is 1.28. The van der Waals surface area contributed by atoms with Gasteiger partial charge >= 0.3 is 0 Å². The molecule has 0 radical (unpaired) electrons. The summed E-state index contributed by atoms with van der Waals surface area (Å²) in [5, 5.41) is 8.86. The number of carbonyl (C=O) groups is 1. The van der Waals surface area contributed by atoms with Crippen LogP contribution >= 0.6 is 11.6 Å². The fraction of sp³-hybridized carbons (Fsp3) is 0.333. The Labute approximate surface area is 74.2 Å². The second kappa shape index (κ2) is 3.96. The van der Waals surface area contributed by atoms with E-state index in [1.807, 2.05) is 0 Å². The summed E-state index contributed by atoms with van der Waals surface area (Å²) in [5.74, 6) is -0.181. The molecule has 1 atom stereocenters. The lowest BCUT2D eigenvalue weighted by atomic mass is 10.4. The number of anilines is 1. The fourth-order valence-corrected chi connectivity index (χ4v) is 0.569. The number of hydrogen-bond acceptors (Lipinski definition) is 4. The maximum Gasteiger partial charge on any atom is 0.249 e. The minimum absolute atomic E-state index is 0.162. The molecule has 6 heteroatoms. The number of alkyl halides is 1. The van der Waals surface area contributed by atoms with Gasteiger partial charge in [0, 0.05) is 0 Å². The normalized spacial score (nSPS) is 12.2. The van der Waals surface area contributed by atoms with Crippen LogP contribution in [0.15, 0.2) is 12.4 Å². The molecule has 0 aromatic carbocycles. The number of rotatable bonds is 2. The van der Waals surface area contributed by atoms with Crippen molar-refractivity contribution in [3.05, 3.63) is 12.4 Å². The molecule has 0 bridgehead atoms. The second-order valence-electron chi connectivity index (χ2n) is 2.07. The lowest BCUT2D eigenvalue weighted by molar-refractivity contribution is -0.115. The quantitative estimate of drug-likeness (QED) is 0.681. The molecule has 1 rings (SSSR count). The van der Waals surface area contributed by atoms with E-state index >= 15 is 0 Å². The molecule has 0 aliphatic heterocycles. The van der Waals surface area contributed by atoms with Gasteiger partial charge in [-0.3, -0.25) is 10.1 Å². The number of nitrogens with one attached hydrogen (secondary N) is 1. The van der Waals surface area contributed by atoms with Gasteiger partial charge in [0.25, 0.3) is 0 Å². The predicted octanol–water partition coefficient (Wildman–Crippen LogP) is 0.437. The molecule has 0 saturated carbocycles. The highest BCUT2D eigenvalue weighted by Gasteiger charge is 2.09. The summed E-state index contributed by atoms with van der Waals surface area (Å²) in [6.45, 7) is 1.56. The molecule has 1 aromatic rings. The Balaban J connectivity index is 2.59. The summed E-state index contributed by atoms with van der Waals surface area (Å²) in [6, 6.07) is 0. The Morgan fingerprint density at radius 2 is 2.42 bits per heavy atom. The Morgan fingerprint density at radius 1 is 1.67 bits per heavy atom. The molecule has 12 heavy (non-hydrogen) atoms. The summed E-state index contributed by atoms with van der Waals surface area (Å²) < 4.78 is 0. The average Bonchev–Trinajstić information content (AvgIpc) is 2.06. The molecule has 1 amide bonds. The number of amides is 1. The molecule has 1 unspecified atom stereocenters. The van der Waals surface area contributed by atoms with E-state index in [4.69, 9.17) is 11.6 Å². The van der Waals surface area contributed by atoms with Crippen LogP contribution in [0.1, 0.15) is 6.92 Å². The van der Waals surface area contributed by atoms with Crippen LogP contribution in [0.25, 0.3) is 0 Å². The molecule has 1 heterocycles. The van der Waals surface area contributed by atoms with Crippen molar-refractivity contribution in [2.24, 2.45) is 0 Å². The Kier molecular flexibility index (Phi) is 2.93. The minimum Gasteiger partial charge on any atom is -0.292 e.